The SMILES string of the molecule is CC(/C=C\c1ccc(Br)cc1)N1CCCCC1. The smallest absolute Gasteiger partial charge is 0.0253 e. The zero-order chi connectivity index (χ0) is 12.1. The molecule has 0 saturated carbocycles. The second-order valence-electron chi connectivity index (χ2n) is 4.75. The maximum atomic E-state index is 3.46. The maximum absolute atomic E-state index is 3.46. The molecule has 2 rings (SSSR count). The summed E-state index contributed by atoms with van der Waals surface area (Å²) in [6.45, 7) is 4.80. The summed E-state index contributed by atoms with van der Waals surface area (Å²) >= 11 is 3.46. The number of piperidine rings is 1. The first-order valence-electron chi connectivity index (χ1n) is 6.43. The van der Waals surface area contributed by atoms with E-state index in [4.69, 9.17) is 0 Å². The van der Waals surface area contributed by atoms with Crippen LogP contribution in [0.3, 0.4) is 0 Å². The molecule has 1 atom stereocenters. The molecule has 1 aliphatic heterocycles. The van der Waals surface area contributed by atoms with Gasteiger partial charge in [0.15, 0.2) is 0 Å². The summed E-state index contributed by atoms with van der Waals surface area (Å²) in [4.78, 5) is 2.57. The van der Waals surface area contributed by atoms with Gasteiger partial charge in [0.1, 0.15) is 0 Å². The van der Waals surface area contributed by atoms with Crippen molar-refractivity contribution in [2.24, 2.45) is 0 Å². The van der Waals surface area contributed by atoms with Gasteiger partial charge in [-0.2, -0.15) is 0 Å². The molecule has 0 amide bonds. The lowest BCUT2D eigenvalue weighted by atomic mass is 10.1. The van der Waals surface area contributed by atoms with Crippen molar-refractivity contribution >= 4 is 22.0 Å². The Hall–Kier alpha value is -0.600. The predicted molar refractivity (Wildman–Crippen MR) is 78.1 cm³/mol. The van der Waals surface area contributed by atoms with E-state index < -0.39 is 0 Å². The van der Waals surface area contributed by atoms with E-state index in [1.165, 1.54) is 37.9 Å². The van der Waals surface area contributed by atoms with Crippen LogP contribution in [0, 0.1) is 0 Å². The zero-order valence-electron chi connectivity index (χ0n) is 10.4. The molecule has 1 heterocycles. The van der Waals surface area contributed by atoms with Crippen LogP contribution in [0.1, 0.15) is 31.7 Å². The van der Waals surface area contributed by atoms with Crippen molar-refractivity contribution < 1.29 is 0 Å². The highest BCUT2D eigenvalue weighted by atomic mass is 79.9. The fourth-order valence-corrected chi connectivity index (χ4v) is 2.54. The van der Waals surface area contributed by atoms with E-state index in [1.807, 2.05) is 0 Å². The molecule has 92 valence electrons. The van der Waals surface area contributed by atoms with Crippen molar-refractivity contribution in [2.75, 3.05) is 13.1 Å². The zero-order valence-corrected chi connectivity index (χ0v) is 12.0. The van der Waals surface area contributed by atoms with Gasteiger partial charge in [0.2, 0.25) is 0 Å². The van der Waals surface area contributed by atoms with Crippen LogP contribution in [0.2, 0.25) is 0 Å². The van der Waals surface area contributed by atoms with Crippen LogP contribution in [-0.2, 0) is 0 Å². The van der Waals surface area contributed by atoms with Gasteiger partial charge < -0.3 is 0 Å². The van der Waals surface area contributed by atoms with E-state index in [0.29, 0.717) is 6.04 Å². The number of benzene rings is 1. The molecule has 1 aliphatic rings. The third kappa shape index (κ3) is 3.97. The largest absolute Gasteiger partial charge is 0.297 e. The molecule has 1 aromatic rings. The quantitative estimate of drug-likeness (QED) is 0.801. The van der Waals surface area contributed by atoms with Crippen LogP contribution in [-0.4, -0.2) is 24.0 Å². The first-order chi connectivity index (χ1) is 8.25. The van der Waals surface area contributed by atoms with Crippen LogP contribution >= 0.6 is 15.9 Å². The van der Waals surface area contributed by atoms with Crippen molar-refractivity contribution in [3.8, 4) is 0 Å². The standard InChI is InChI=1S/C15H20BrN/c1-13(17-11-3-2-4-12-17)5-6-14-7-9-15(16)10-8-14/h5-10,13H,2-4,11-12H2,1H3/b6-5-. The van der Waals surface area contributed by atoms with Gasteiger partial charge in [0, 0.05) is 10.5 Å². The van der Waals surface area contributed by atoms with E-state index in [-0.39, 0.29) is 0 Å². The average molecular weight is 294 g/mol. The summed E-state index contributed by atoms with van der Waals surface area (Å²) in [5.41, 5.74) is 1.28. The molecule has 0 bridgehead atoms. The normalized spacial score (nSPS) is 19.6. The highest BCUT2D eigenvalue weighted by Gasteiger charge is 2.13. The molecule has 0 aromatic heterocycles. The lowest BCUT2D eigenvalue weighted by Gasteiger charge is -2.30. The third-order valence-corrected chi connectivity index (χ3v) is 3.93. The highest BCUT2D eigenvalue weighted by Crippen LogP contribution is 2.15. The van der Waals surface area contributed by atoms with Crippen molar-refractivity contribution in [3.63, 3.8) is 0 Å². The molecule has 2 heteroatoms. The molecule has 1 aromatic carbocycles. The number of halogens is 1. The summed E-state index contributed by atoms with van der Waals surface area (Å²) < 4.78 is 1.14. The van der Waals surface area contributed by atoms with Crippen molar-refractivity contribution in [3.05, 3.63) is 40.4 Å². The van der Waals surface area contributed by atoms with Gasteiger partial charge in [0.05, 0.1) is 0 Å². The van der Waals surface area contributed by atoms with Crippen LogP contribution in [0.5, 0.6) is 0 Å². The molecule has 0 spiro atoms. The molecule has 1 unspecified atom stereocenters. The lowest BCUT2D eigenvalue weighted by Crippen LogP contribution is -2.36. The fraction of sp³-hybridized carbons (Fsp3) is 0.467. The molecule has 1 nitrogen and oxygen atoms in total. The van der Waals surface area contributed by atoms with Crippen LogP contribution in [0.15, 0.2) is 34.8 Å². The molecular formula is C15H20BrN. The van der Waals surface area contributed by atoms with Gasteiger partial charge >= 0.3 is 0 Å². The van der Waals surface area contributed by atoms with Crippen molar-refractivity contribution in [1.82, 2.24) is 4.90 Å². The number of hydrogen-bond acceptors (Lipinski definition) is 1. The van der Waals surface area contributed by atoms with Gasteiger partial charge in [-0.15, -0.1) is 0 Å². The number of nitrogens with zero attached hydrogens (tertiary/aromatic N) is 1. The third-order valence-electron chi connectivity index (χ3n) is 3.40. The first kappa shape index (κ1) is 12.8. The van der Waals surface area contributed by atoms with E-state index in [9.17, 15) is 0 Å². The maximum Gasteiger partial charge on any atom is 0.0253 e. The molecule has 17 heavy (non-hydrogen) atoms. The summed E-state index contributed by atoms with van der Waals surface area (Å²) in [5, 5.41) is 0. The first-order valence-corrected chi connectivity index (χ1v) is 7.23. The molecule has 0 aliphatic carbocycles. The van der Waals surface area contributed by atoms with E-state index in [2.05, 4.69) is 64.2 Å². The van der Waals surface area contributed by atoms with E-state index in [1.54, 1.807) is 0 Å². The Labute approximate surface area is 113 Å². The fourth-order valence-electron chi connectivity index (χ4n) is 2.27. The van der Waals surface area contributed by atoms with Gasteiger partial charge in [0.25, 0.3) is 0 Å². The Kier molecular flexibility index (Phi) is 4.81. The van der Waals surface area contributed by atoms with Gasteiger partial charge in [-0.25, -0.2) is 0 Å². The Morgan fingerprint density at radius 2 is 1.76 bits per heavy atom. The summed E-state index contributed by atoms with van der Waals surface area (Å²) in [6.07, 6.45) is 8.66. The second kappa shape index (κ2) is 6.36. The molecule has 0 N–H and O–H groups in total. The predicted octanol–water partition coefficient (Wildman–Crippen LogP) is 4.34. The van der Waals surface area contributed by atoms with Gasteiger partial charge in [-0.05, 0) is 50.6 Å². The molecule has 1 saturated heterocycles. The number of rotatable bonds is 3. The Morgan fingerprint density at radius 3 is 2.41 bits per heavy atom. The highest BCUT2D eigenvalue weighted by molar-refractivity contribution is 9.10. The Balaban J connectivity index is 1.92. The van der Waals surface area contributed by atoms with E-state index in [0.717, 1.165) is 4.47 Å². The second-order valence-corrected chi connectivity index (χ2v) is 5.66. The van der Waals surface area contributed by atoms with Gasteiger partial charge in [-0.1, -0.05) is 46.6 Å². The lowest BCUT2D eigenvalue weighted by molar-refractivity contribution is 0.201. The molecule has 1 fully saturated rings. The van der Waals surface area contributed by atoms with Crippen LogP contribution < -0.4 is 0 Å². The summed E-state index contributed by atoms with van der Waals surface area (Å²) in [6, 6.07) is 9.02. The Morgan fingerprint density at radius 1 is 1.12 bits per heavy atom. The topological polar surface area (TPSA) is 3.24 Å². The minimum atomic E-state index is 0.555. The minimum Gasteiger partial charge on any atom is -0.297 e. The molecular weight excluding hydrogens is 274 g/mol. The summed E-state index contributed by atoms with van der Waals surface area (Å²) in [7, 11) is 0. The van der Waals surface area contributed by atoms with E-state index >= 15 is 0 Å². The number of likely N-dealkylation sites (tertiary alicyclic amines) is 1. The summed E-state index contributed by atoms with van der Waals surface area (Å²) in [5.74, 6) is 0. The van der Waals surface area contributed by atoms with Crippen LogP contribution in [0.25, 0.3) is 6.08 Å². The monoisotopic (exact) mass is 293 g/mol. The van der Waals surface area contributed by atoms with Crippen molar-refractivity contribution in [2.45, 2.75) is 32.2 Å². The van der Waals surface area contributed by atoms with Crippen molar-refractivity contribution in [1.29, 1.82) is 0 Å². The minimum absolute atomic E-state index is 0.555. The molecule has 0 radical (unpaired) electrons. The average Bonchev–Trinajstić information content (AvgIpc) is 2.39. The number of hydrogen-bond donors (Lipinski definition) is 0. The Bertz CT molecular complexity index is 363. The van der Waals surface area contributed by atoms with Crippen LogP contribution in [0.4, 0.5) is 0 Å². The van der Waals surface area contributed by atoms with Gasteiger partial charge in [-0.3, -0.25) is 4.90 Å².